The Bertz CT molecular complexity index is 902. The molecular formula is C23H26N2O5. The number of amides is 1. The third kappa shape index (κ3) is 7.50. The first-order chi connectivity index (χ1) is 14.2. The first-order valence-electron chi connectivity index (χ1n) is 9.72. The zero-order chi connectivity index (χ0) is 22.1. The highest BCUT2D eigenvalue weighted by molar-refractivity contribution is 5.89. The van der Waals surface area contributed by atoms with Gasteiger partial charge in [0, 0.05) is 18.2 Å². The van der Waals surface area contributed by atoms with Crippen molar-refractivity contribution in [1.29, 1.82) is 0 Å². The van der Waals surface area contributed by atoms with E-state index < -0.39 is 16.8 Å². The van der Waals surface area contributed by atoms with E-state index in [4.69, 9.17) is 4.74 Å². The third-order valence-electron chi connectivity index (χ3n) is 4.36. The second-order valence-corrected chi connectivity index (χ2v) is 7.42. The number of non-ortho nitro benzene ring substituents is 1. The standard InChI is InChI=1S/C23H26N2O5/c1-16(2)14-19-4-9-20(10-5-19)17(3)24-22(26)15-30-23(27)13-8-18-6-11-21(12-7-18)25(28)29/h4-13,16-17H,14-15H2,1-3H3,(H,24,26)/b13-8+/t17-/m1/s1. The van der Waals surface area contributed by atoms with Crippen molar-refractivity contribution in [1.82, 2.24) is 5.32 Å². The average Bonchev–Trinajstić information content (AvgIpc) is 2.71. The molecule has 2 aromatic rings. The van der Waals surface area contributed by atoms with Crippen LogP contribution in [-0.4, -0.2) is 23.4 Å². The summed E-state index contributed by atoms with van der Waals surface area (Å²) in [6.45, 7) is 5.81. The maximum atomic E-state index is 12.0. The lowest BCUT2D eigenvalue weighted by molar-refractivity contribution is -0.384. The Balaban J connectivity index is 1.79. The van der Waals surface area contributed by atoms with E-state index in [0.717, 1.165) is 12.0 Å². The minimum atomic E-state index is -0.672. The maximum Gasteiger partial charge on any atom is 0.331 e. The van der Waals surface area contributed by atoms with Gasteiger partial charge in [-0.1, -0.05) is 38.1 Å². The Morgan fingerprint density at radius 2 is 1.70 bits per heavy atom. The van der Waals surface area contributed by atoms with Gasteiger partial charge in [-0.3, -0.25) is 14.9 Å². The first kappa shape index (κ1) is 22.8. The van der Waals surface area contributed by atoms with Crippen LogP contribution < -0.4 is 5.32 Å². The third-order valence-corrected chi connectivity index (χ3v) is 4.36. The Morgan fingerprint density at radius 1 is 1.07 bits per heavy atom. The molecule has 0 bridgehead atoms. The molecule has 0 unspecified atom stereocenters. The zero-order valence-corrected chi connectivity index (χ0v) is 17.3. The zero-order valence-electron chi connectivity index (χ0n) is 17.3. The van der Waals surface area contributed by atoms with Crippen LogP contribution in [0, 0.1) is 16.0 Å². The van der Waals surface area contributed by atoms with Gasteiger partial charge in [0.25, 0.3) is 11.6 Å². The highest BCUT2D eigenvalue weighted by Gasteiger charge is 2.11. The molecule has 7 heteroatoms. The Morgan fingerprint density at radius 3 is 2.27 bits per heavy atom. The summed E-state index contributed by atoms with van der Waals surface area (Å²) in [5.74, 6) is -0.489. The normalized spacial score (nSPS) is 12.0. The molecule has 0 aliphatic heterocycles. The van der Waals surface area contributed by atoms with Crippen molar-refractivity contribution in [3.63, 3.8) is 0 Å². The molecule has 1 atom stereocenters. The van der Waals surface area contributed by atoms with E-state index in [1.165, 1.54) is 42.0 Å². The number of nitro benzene ring substituents is 1. The minimum Gasteiger partial charge on any atom is -0.452 e. The van der Waals surface area contributed by atoms with Crippen molar-refractivity contribution >= 4 is 23.6 Å². The van der Waals surface area contributed by atoms with Gasteiger partial charge >= 0.3 is 5.97 Å². The number of nitrogens with zero attached hydrogens (tertiary/aromatic N) is 1. The fourth-order valence-electron chi connectivity index (χ4n) is 2.84. The summed E-state index contributed by atoms with van der Waals surface area (Å²) in [5.41, 5.74) is 2.80. The number of hydrogen-bond acceptors (Lipinski definition) is 5. The maximum absolute atomic E-state index is 12.0. The Hall–Kier alpha value is -3.48. The molecule has 0 aromatic heterocycles. The van der Waals surface area contributed by atoms with Gasteiger partial charge in [-0.25, -0.2) is 4.79 Å². The minimum absolute atomic E-state index is 0.0323. The summed E-state index contributed by atoms with van der Waals surface area (Å²) < 4.78 is 4.94. The monoisotopic (exact) mass is 410 g/mol. The van der Waals surface area contributed by atoms with Gasteiger partial charge in [0.05, 0.1) is 11.0 Å². The molecule has 0 fully saturated rings. The van der Waals surface area contributed by atoms with E-state index in [-0.39, 0.29) is 18.3 Å². The molecule has 158 valence electrons. The van der Waals surface area contributed by atoms with Crippen molar-refractivity contribution in [2.45, 2.75) is 33.2 Å². The Labute approximate surface area is 175 Å². The fraction of sp³-hybridized carbons (Fsp3) is 0.304. The smallest absolute Gasteiger partial charge is 0.331 e. The molecule has 0 aliphatic carbocycles. The number of hydrogen-bond donors (Lipinski definition) is 1. The van der Waals surface area contributed by atoms with Crippen molar-refractivity contribution in [2.24, 2.45) is 5.92 Å². The van der Waals surface area contributed by atoms with Crippen LogP contribution in [0.5, 0.6) is 0 Å². The van der Waals surface area contributed by atoms with Gasteiger partial charge < -0.3 is 10.1 Å². The fourth-order valence-corrected chi connectivity index (χ4v) is 2.84. The molecule has 0 aliphatic rings. The summed E-state index contributed by atoms with van der Waals surface area (Å²) in [6.07, 6.45) is 3.64. The summed E-state index contributed by atoms with van der Waals surface area (Å²) in [4.78, 5) is 33.9. The lowest BCUT2D eigenvalue weighted by atomic mass is 10.00. The average molecular weight is 410 g/mol. The summed E-state index contributed by atoms with van der Waals surface area (Å²) >= 11 is 0. The molecule has 2 rings (SSSR count). The van der Waals surface area contributed by atoms with Gasteiger partial charge in [-0.05, 0) is 54.2 Å². The quantitative estimate of drug-likeness (QED) is 0.289. The molecule has 7 nitrogen and oxygen atoms in total. The second-order valence-electron chi connectivity index (χ2n) is 7.42. The van der Waals surface area contributed by atoms with Crippen LogP contribution in [0.4, 0.5) is 5.69 Å². The first-order valence-corrected chi connectivity index (χ1v) is 9.72. The van der Waals surface area contributed by atoms with Crippen LogP contribution in [0.25, 0.3) is 6.08 Å². The predicted molar refractivity (Wildman–Crippen MR) is 115 cm³/mol. The molecule has 0 spiro atoms. The number of rotatable bonds is 9. The summed E-state index contributed by atoms with van der Waals surface area (Å²) in [7, 11) is 0. The van der Waals surface area contributed by atoms with E-state index >= 15 is 0 Å². The van der Waals surface area contributed by atoms with Gasteiger partial charge in [-0.15, -0.1) is 0 Å². The number of nitrogens with one attached hydrogen (secondary N) is 1. The molecule has 0 saturated carbocycles. The van der Waals surface area contributed by atoms with Crippen LogP contribution in [0.2, 0.25) is 0 Å². The second kappa shape index (κ2) is 10.9. The van der Waals surface area contributed by atoms with E-state index in [2.05, 4.69) is 31.3 Å². The van der Waals surface area contributed by atoms with E-state index in [1.807, 2.05) is 19.1 Å². The molecular weight excluding hydrogens is 384 g/mol. The van der Waals surface area contributed by atoms with Gasteiger partial charge in [-0.2, -0.15) is 0 Å². The largest absolute Gasteiger partial charge is 0.452 e. The summed E-state index contributed by atoms with van der Waals surface area (Å²) in [6, 6.07) is 13.6. The van der Waals surface area contributed by atoms with Crippen LogP contribution in [0.15, 0.2) is 54.6 Å². The number of carbonyl (C=O) groups is 2. The molecule has 1 amide bonds. The molecule has 30 heavy (non-hydrogen) atoms. The van der Waals surface area contributed by atoms with Gasteiger partial charge in [0.2, 0.25) is 0 Å². The molecule has 2 aromatic carbocycles. The van der Waals surface area contributed by atoms with Crippen LogP contribution in [0.3, 0.4) is 0 Å². The Kier molecular flexibility index (Phi) is 8.29. The number of ether oxygens (including phenoxy) is 1. The SMILES string of the molecule is CC(C)Cc1ccc([C@@H](C)NC(=O)COC(=O)/C=C/c2ccc([N+](=O)[O-])cc2)cc1. The lowest BCUT2D eigenvalue weighted by Gasteiger charge is -2.15. The van der Waals surface area contributed by atoms with Crippen molar-refractivity contribution < 1.29 is 19.2 Å². The summed E-state index contributed by atoms with van der Waals surface area (Å²) in [5, 5.41) is 13.4. The lowest BCUT2D eigenvalue weighted by Crippen LogP contribution is -2.30. The van der Waals surface area contributed by atoms with Crippen molar-refractivity contribution in [3.05, 3.63) is 81.4 Å². The van der Waals surface area contributed by atoms with Gasteiger partial charge in [0.1, 0.15) is 0 Å². The van der Waals surface area contributed by atoms with Crippen LogP contribution in [-0.2, 0) is 20.7 Å². The molecule has 1 N–H and O–H groups in total. The molecule has 0 saturated heterocycles. The molecule has 0 radical (unpaired) electrons. The van der Waals surface area contributed by atoms with Crippen molar-refractivity contribution in [2.75, 3.05) is 6.61 Å². The number of benzene rings is 2. The highest BCUT2D eigenvalue weighted by Crippen LogP contribution is 2.16. The number of nitro groups is 1. The van der Waals surface area contributed by atoms with E-state index in [9.17, 15) is 19.7 Å². The van der Waals surface area contributed by atoms with E-state index in [0.29, 0.717) is 11.5 Å². The topological polar surface area (TPSA) is 98.5 Å². The van der Waals surface area contributed by atoms with Gasteiger partial charge in [0.15, 0.2) is 6.61 Å². The predicted octanol–water partition coefficient (Wildman–Crippen LogP) is 4.23. The highest BCUT2D eigenvalue weighted by atomic mass is 16.6. The van der Waals surface area contributed by atoms with Crippen LogP contribution in [0.1, 0.15) is 43.5 Å². The number of esters is 1. The molecule has 0 heterocycles. The number of carbonyl (C=O) groups excluding carboxylic acids is 2. The van der Waals surface area contributed by atoms with Crippen LogP contribution >= 0.6 is 0 Å². The van der Waals surface area contributed by atoms with Crippen molar-refractivity contribution in [3.8, 4) is 0 Å². The van der Waals surface area contributed by atoms with E-state index in [1.54, 1.807) is 0 Å².